The summed E-state index contributed by atoms with van der Waals surface area (Å²) in [5, 5.41) is 2.90. The van der Waals surface area contributed by atoms with Crippen LogP contribution < -0.4 is 29.2 Å². The highest BCUT2D eigenvalue weighted by Crippen LogP contribution is 2.40. The number of benzene rings is 2. The number of hydrogen-bond acceptors (Lipinski definition) is 7. The average molecular weight is 470 g/mol. The van der Waals surface area contributed by atoms with Crippen molar-refractivity contribution >= 4 is 23.2 Å². The Labute approximate surface area is 199 Å². The number of anilines is 2. The van der Waals surface area contributed by atoms with E-state index in [1.807, 2.05) is 34.1 Å². The molecule has 0 unspecified atom stereocenters. The Balaban J connectivity index is 1.50. The fraction of sp³-hybridized carbons (Fsp3) is 0.440. The van der Waals surface area contributed by atoms with E-state index in [-0.39, 0.29) is 18.4 Å². The second kappa shape index (κ2) is 10.5. The van der Waals surface area contributed by atoms with E-state index in [9.17, 15) is 9.59 Å². The fourth-order valence-electron chi connectivity index (χ4n) is 4.43. The van der Waals surface area contributed by atoms with Crippen LogP contribution in [-0.2, 0) is 9.59 Å². The van der Waals surface area contributed by atoms with Gasteiger partial charge in [0.1, 0.15) is 5.75 Å². The van der Waals surface area contributed by atoms with Crippen LogP contribution in [0.1, 0.15) is 19.3 Å². The van der Waals surface area contributed by atoms with Crippen LogP contribution in [-0.4, -0.2) is 70.3 Å². The molecule has 4 rings (SSSR count). The van der Waals surface area contributed by atoms with E-state index < -0.39 is 6.10 Å². The van der Waals surface area contributed by atoms with Crippen molar-refractivity contribution in [1.82, 2.24) is 4.90 Å². The molecule has 0 bridgehead atoms. The zero-order valence-electron chi connectivity index (χ0n) is 19.8. The molecule has 1 fully saturated rings. The number of ether oxygens (including phenoxy) is 4. The zero-order valence-corrected chi connectivity index (χ0v) is 19.8. The van der Waals surface area contributed by atoms with Crippen LogP contribution in [0.4, 0.5) is 11.4 Å². The summed E-state index contributed by atoms with van der Waals surface area (Å²) >= 11 is 0. The van der Waals surface area contributed by atoms with Crippen LogP contribution in [0, 0.1) is 0 Å². The van der Waals surface area contributed by atoms with Crippen LogP contribution in [0.3, 0.4) is 0 Å². The SMILES string of the molecule is COc1cc(NC(=O)CN2C[C@H](C(=O)N3CCCCC3)Oc3ccccc32)cc(OC)c1OC. The van der Waals surface area contributed by atoms with Crippen molar-refractivity contribution in [1.29, 1.82) is 0 Å². The van der Waals surface area contributed by atoms with Gasteiger partial charge in [0.15, 0.2) is 17.6 Å². The molecule has 34 heavy (non-hydrogen) atoms. The third-order valence-electron chi connectivity index (χ3n) is 6.09. The first-order chi connectivity index (χ1) is 16.5. The second-order valence-corrected chi connectivity index (χ2v) is 8.30. The van der Waals surface area contributed by atoms with Crippen molar-refractivity contribution in [3.63, 3.8) is 0 Å². The van der Waals surface area contributed by atoms with Gasteiger partial charge in [-0.2, -0.15) is 0 Å². The fourth-order valence-corrected chi connectivity index (χ4v) is 4.43. The minimum atomic E-state index is -0.651. The number of carbonyl (C=O) groups is 2. The third kappa shape index (κ3) is 4.98. The van der Waals surface area contributed by atoms with Crippen molar-refractivity contribution < 1.29 is 28.5 Å². The largest absolute Gasteiger partial charge is 0.493 e. The molecule has 9 heteroatoms. The minimum absolute atomic E-state index is 0.0239. The number of methoxy groups -OCH3 is 3. The van der Waals surface area contributed by atoms with Crippen LogP contribution in [0.15, 0.2) is 36.4 Å². The van der Waals surface area contributed by atoms with Crippen LogP contribution in [0.2, 0.25) is 0 Å². The number of amides is 2. The molecule has 2 aromatic rings. The number of fused-ring (bicyclic) bond motifs is 1. The van der Waals surface area contributed by atoms with Crippen LogP contribution >= 0.6 is 0 Å². The molecule has 1 saturated heterocycles. The Kier molecular flexibility index (Phi) is 7.30. The summed E-state index contributed by atoms with van der Waals surface area (Å²) in [6.45, 7) is 1.86. The van der Waals surface area contributed by atoms with Gasteiger partial charge in [-0.1, -0.05) is 12.1 Å². The number of carbonyl (C=O) groups excluding carboxylic acids is 2. The standard InChI is InChI=1S/C25H31N3O6/c1-31-20-13-17(14-21(32-2)24(20)33-3)26-23(29)16-28-15-22(25(30)27-11-7-4-8-12-27)34-19-10-6-5-9-18(19)28/h5-6,9-10,13-14,22H,4,7-8,11-12,15-16H2,1-3H3,(H,26,29)/t22-/m1/s1. The first-order valence-electron chi connectivity index (χ1n) is 11.4. The summed E-state index contributed by atoms with van der Waals surface area (Å²) in [6.07, 6.45) is 2.51. The first-order valence-corrected chi connectivity index (χ1v) is 11.4. The molecule has 2 amide bonds. The van der Waals surface area contributed by atoms with E-state index in [1.54, 1.807) is 12.1 Å². The van der Waals surface area contributed by atoms with E-state index in [1.165, 1.54) is 21.3 Å². The Bertz CT molecular complexity index is 1010. The summed E-state index contributed by atoms with van der Waals surface area (Å²) in [7, 11) is 4.57. The summed E-state index contributed by atoms with van der Waals surface area (Å²) in [5.74, 6) is 1.68. The molecule has 9 nitrogen and oxygen atoms in total. The van der Waals surface area contributed by atoms with Crippen molar-refractivity contribution in [3.05, 3.63) is 36.4 Å². The summed E-state index contributed by atoms with van der Waals surface area (Å²) in [4.78, 5) is 29.9. The van der Waals surface area contributed by atoms with Gasteiger partial charge in [0.05, 0.1) is 40.1 Å². The third-order valence-corrected chi connectivity index (χ3v) is 6.09. The lowest BCUT2D eigenvalue weighted by Crippen LogP contribution is -2.52. The van der Waals surface area contributed by atoms with E-state index in [0.717, 1.165) is 38.0 Å². The van der Waals surface area contributed by atoms with E-state index in [4.69, 9.17) is 18.9 Å². The van der Waals surface area contributed by atoms with Gasteiger partial charge in [-0.15, -0.1) is 0 Å². The van der Waals surface area contributed by atoms with E-state index >= 15 is 0 Å². The lowest BCUT2D eigenvalue weighted by Gasteiger charge is -2.38. The predicted molar refractivity (Wildman–Crippen MR) is 128 cm³/mol. The highest BCUT2D eigenvalue weighted by molar-refractivity contribution is 5.95. The van der Waals surface area contributed by atoms with Gasteiger partial charge in [-0.25, -0.2) is 0 Å². The molecular formula is C25H31N3O6. The van der Waals surface area contributed by atoms with Crippen molar-refractivity contribution in [3.8, 4) is 23.0 Å². The number of likely N-dealkylation sites (tertiary alicyclic amines) is 1. The molecule has 1 atom stereocenters. The van der Waals surface area contributed by atoms with Crippen LogP contribution in [0.25, 0.3) is 0 Å². The molecule has 2 heterocycles. The Morgan fingerprint density at radius 3 is 2.32 bits per heavy atom. The highest BCUT2D eigenvalue weighted by Gasteiger charge is 2.34. The number of rotatable bonds is 7. The summed E-state index contributed by atoms with van der Waals surface area (Å²) in [6, 6.07) is 10.8. The first kappa shape index (κ1) is 23.5. The monoisotopic (exact) mass is 469 g/mol. The quantitative estimate of drug-likeness (QED) is 0.667. The van der Waals surface area contributed by atoms with Gasteiger partial charge in [0, 0.05) is 30.9 Å². The molecule has 2 aliphatic heterocycles. The number of nitrogens with zero attached hydrogens (tertiary/aromatic N) is 2. The molecule has 1 N–H and O–H groups in total. The molecule has 182 valence electrons. The van der Waals surface area contributed by atoms with Gasteiger partial charge in [-0.3, -0.25) is 9.59 Å². The van der Waals surface area contributed by atoms with Gasteiger partial charge >= 0.3 is 0 Å². The molecule has 0 aliphatic carbocycles. The smallest absolute Gasteiger partial charge is 0.265 e. The number of para-hydroxylation sites is 2. The zero-order chi connectivity index (χ0) is 24.1. The van der Waals surface area contributed by atoms with E-state index in [2.05, 4.69) is 5.32 Å². The van der Waals surface area contributed by atoms with Crippen molar-refractivity contribution in [2.24, 2.45) is 0 Å². The normalized spacial score (nSPS) is 17.3. The Hall–Kier alpha value is -3.62. The van der Waals surface area contributed by atoms with Crippen molar-refractivity contribution in [2.45, 2.75) is 25.4 Å². The molecule has 0 saturated carbocycles. The summed E-state index contributed by atoms with van der Waals surface area (Å²) < 4.78 is 22.1. The Morgan fingerprint density at radius 2 is 1.68 bits per heavy atom. The number of hydrogen-bond donors (Lipinski definition) is 1. The highest BCUT2D eigenvalue weighted by atomic mass is 16.5. The molecule has 0 aromatic heterocycles. The lowest BCUT2D eigenvalue weighted by molar-refractivity contribution is -0.139. The molecule has 0 spiro atoms. The molecular weight excluding hydrogens is 438 g/mol. The molecule has 0 radical (unpaired) electrons. The second-order valence-electron chi connectivity index (χ2n) is 8.30. The number of piperidine rings is 1. The Morgan fingerprint density at radius 1 is 1.00 bits per heavy atom. The topological polar surface area (TPSA) is 89.6 Å². The van der Waals surface area contributed by atoms with Crippen LogP contribution in [0.5, 0.6) is 23.0 Å². The minimum Gasteiger partial charge on any atom is -0.493 e. The van der Waals surface area contributed by atoms with Gasteiger partial charge < -0.3 is 34.1 Å². The number of nitrogens with one attached hydrogen (secondary N) is 1. The van der Waals surface area contributed by atoms with Crippen molar-refractivity contribution in [2.75, 3.05) is 57.7 Å². The van der Waals surface area contributed by atoms with Gasteiger partial charge in [0.2, 0.25) is 11.7 Å². The van der Waals surface area contributed by atoms with Gasteiger partial charge in [0.25, 0.3) is 5.91 Å². The predicted octanol–water partition coefficient (Wildman–Crippen LogP) is 2.93. The lowest BCUT2D eigenvalue weighted by atomic mass is 10.1. The average Bonchev–Trinajstić information content (AvgIpc) is 2.87. The molecule has 2 aliphatic rings. The molecule has 2 aromatic carbocycles. The maximum Gasteiger partial charge on any atom is 0.265 e. The van der Waals surface area contributed by atoms with Gasteiger partial charge in [-0.05, 0) is 31.4 Å². The van der Waals surface area contributed by atoms with E-state index in [0.29, 0.717) is 35.2 Å². The summed E-state index contributed by atoms with van der Waals surface area (Å²) in [5.41, 5.74) is 1.30. The maximum absolute atomic E-state index is 13.1. The maximum atomic E-state index is 13.1.